The molecule has 0 aliphatic rings. The number of halogens is 6. The Morgan fingerprint density at radius 2 is 1.55 bits per heavy atom. The van der Waals surface area contributed by atoms with Crippen LogP contribution in [0.15, 0.2) is 10.5 Å². The van der Waals surface area contributed by atoms with Crippen molar-refractivity contribution in [2.45, 2.75) is 4.34 Å². The Morgan fingerprint density at radius 1 is 1.05 bits per heavy atom. The minimum absolute atomic E-state index is 0.0230. The van der Waals surface area contributed by atoms with Gasteiger partial charge in [0, 0.05) is 0 Å². The number of thiazole rings is 1. The van der Waals surface area contributed by atoms with E-state index in [9.17, 15) is 30.4 Å². The topological polar surface area (TPSA) is 56.3 Å². The number of benzene rings is 1. The van der Waals surface area contributed by atoms with E-state index in [0.717, 1.165) is 6.20 Å². The Balaban J connectivity index is 2.33. The predicted molar refractivity (Wildman–Crippen MR) is 66.0 cm³/mol. The molecular weight excluding hydrogens is 377 g/mol. The monoisotopic (exact) mass is 379 g/mol. The van der Waals surface area contributed by atoms with Gasteiger partial charge in [0.25, 0.3) is 0 Å². The van der Waals surface area contributed by atoms with Gasteiger partial charge in [0.15, 0.2) is 11.7 Å². The first-order chi connectivity index (χ1) is 10.1. The summed E-state index contributed by atoms with van der Waals surface area (Å²) in [6, 6.07) is 0. The molecule has 2 aromatic rings. The normalized spacial score (nSPS) is 11.7. The molecular formula is C10H3ClF5NO3S2. The third-order valence-electron chi connectivity index (χ3n) is 2.25. The number of nitrogens with zero attached hydrogens (tertiary/aromatic N) is 1. The highest BCUT2D eigenvalue weighted by atomic mass is 35.5. The molecule has 12 heteroatoms. The molecule has 4 nitrogen and oxygen atoms in total. The Morgan fingerprint density at radius 3 is 2.00 bits per heavy atom. The van der Waals surface area contributed by atoms with E-state index in [4.69, 9.17) is 11.6 Å². The van der Waals surface area contributed by atoms with Gasteiger partial charge in [-0.25, -0.2) is 26.6 Å². The van der Waals surface area contributed by atoms with E-state index in [2.05, 4.69) is 9.72 Å². The maximum atomic E-state index is 13.3. The van der Waals surface area contributed by atoms with Crippen molar-refractivity contribution in [3.8, 4) is 5.75 Å². The molecule has 22 heavy (non-hydrogen) atoms. The molecule has 2 rings (SSSR count). The molecule has 0 atom stereocenters. The number of hydrogen-bond donors (Lipinski definition) is 0. The van der Waals surface area contributed by atoms with E-state index in [1.165, 1.54) is 0 Å². The van der Waals surface area contributed by atoms with Crippen LogP contribution in [-0.4, -0.2) is 19.3 Å². The van der Waals surface area contributed by atoms with Gasteiger partial charge in [-0.15, -0.1) is 0 Å². The zero-order chi connectivity index (χ0) is 16.7. The van der Waals surface area contributed by atoms with Gasteiger partial charge in [-0.2, -0.15) is 8.78 Å². The second kappa shape index (κ2) is 5.97. The highest BCUT2D eigenvalue weighted by Crippen LogP contribution is 2.30. The summed E-state index contributed by atoms with van der Waals surface area (Å²) >= 11 is 6.02. The van der Waals surface area contributed by atoms with Crippen LogP contribution in [0.2, 0.25) is 4.34 Å². The van der Waals surface area contributed by atoms with E-state index in [-0.39, 0.29) is 4.34 Å². The molecule has 0 aliphatic carbocycles. The largest absolute Gasteiger partial charge is 0.471 e. The number of hydrogen-bond acceptors (Lipinski definition) is 5. The second-order valence-corrected chi connectivity index (χ2v) is 7.48. The fraction of sp³-hybridized carbons (Fsp3) is 0.100. The molecule has 0 bridgehead atoms. The van der Waals surface area contributed by atoms with Gasteiger partial charge in [-0.1, -0.05) is 22.9 Å². The maximum Gasteiger partial charge on any atom is 0.240 e. The highest BCUT2D eigenvalue weighted by molar-refractivity contribution is 7.93. The quantitative estimate of drug-likeness (QED) is 0.464. The van der Waals surface area contributed by atoms with Crippen LogP contribution < -0.4 is 4.74 Å². The molecule has 0 spiro atoms. The van der Waals surface area contributed by atoms with E-state index >= 15 is 0 Å². The summed E-state index contributed by atoms with van der Waals surface area (Å²) in [6.45, 7) is 0. The average molecular weight is 380 g/mol. The van der Waals surface area contributed by atoms with Crippen molar-refractivity contribution in [2.75, 3.05) is 5.94 Å². The highest BCUT2D eigenvalue weighted by Gasteiger charge is 2.29. The van der Waals surface area contributed by atoms with Crippen LogP contribution in [0.25, 0.3) is 0 Å². The summed E-state index contributed by atoms with van der Waals surface area (Å²) in [5.74, 6) is -14.5. The van der Waals surface area contributed by atoms with Crippen LogP contribution in [0, 0.1) is 29.1 Å². The van der Waals surface area contributed by atoms with Gasteiger partial charge in [-0.3, -0.25) is 0 Å². The van der Waals surface area contributed by atoms with Crippen LogP contribution in [0.3, 0.4) is 0 Å². The molecule has 120 valence electrons. The van der Waals surface area contributed by atoms with Gasteiger partial charge >= 0.3 is 0 Å². The maximum absolute atomic E-state index is 13.3. The zero-order valence-electron chi connectivity index (χ0n) is 10.0. The van der Waals surface area contributed by atoms with Crippen LogP contribution in [0.5, 0.6) is 5.75 Å². The third kappa shape index (κ3) is 3.01. The van der Waals surface area contributed by atoms with Crippen LogP contribution in [-0.2, 0) is 9.84 Å². The van der Waals surface area contributed by atoms with Crippen LogP contribution in [0.4, 0.5) is 22.0 Å². The Labute approximate surface area is 129 Å². The van der Waals surface area contributed by atoms with Gasteiger partial charge in [0.1, 0.15) is 4.34 Å². The summed E-state index contributed by atoms with van der Waals surface area (Å²) in [7, 11) is -4.28. The molecule has 0 saturated carbocycles. The minimum Gasteiger partial charge on any atom is -0.471 e. The lowest BCUT2D eigenvalue weighted by Crippen LogP contribution is -2.15. The van der Waals surface area contributed by atoms with Crippen molar-refractivity contribution in [1.29, 1.82) is 0 Å². The first-order valence-corrected chi connectivity index (χ1v) is 7.98. The van der Waals surface area contributed by atoms with Crippen molar-refractivity contribution in [3.05, 3.63) is 39.6 Å². The fourth-order valence-corrected chi connectivity index (χ4v) is 3.57. The summed E-state index contributed by atoms with van der Waals surface area (Å²) in [4.78, 5) is 3.42. The standard InChI is InChI=1S/C10H3ClF5NO3S2/c11-3-1-17-10(21-3)22(18,19)2-20-9-7(15)5(13)4(12)6(14)8(9)16/h1H,2H2. The van der Waals surface area contributed by atoms with E-state index in [0.29, 0.717) is 11.3 Å². The van der Waals surface area contributed by atoms with Crippen LogP contribution in [0.1, 0.15) is 0 Å². The SMILES string of the molecule is O=S(=O)(COc1c(F)c(F)c(F)c(F)c1F)c1ncc(Cl)s1. The molecule has 0 fully saturated rings. The van der Waals surface area contributed by atoms with Gasteiger partial charge in [0.05, 0.1) is 6.20 Å². The summed E-state index contributed by atoms with van der Waals surface area (Å²) in [6.07, 6.45) is 1.01. The summed E-state index contributed by atoms with van der Waals surface area (Å²) in [5, 5.41) is 0. The molecule has 0 radical (unpaired) electrons. The van der Waals surface area contributed by atoms with E-state index < -0.39 is 55.0 Å². The third-order valence-corrected chi connectivity index (χ3v) is 5.24. The summed E-state index contributed by atoms with van der Waals surface area (Å²) in [5.41, 5.74) is 0. The van der Waals surface area contributed by atoms with Crippen molar-refractivity contribution in [1.82, 2.24) is 4.98 Å². The molecule has 0 amide bonds. The molecule has 0 saturated heterocycles. The molecule has 1 aromatic carbocycles. The molecule has 1 heterocycles. The van der Waals surface area contributed by atoms with Crippen molar-refractivity contribution < 1.29 is 35.1 Å². The second-order valence-electron chi connectivity index (χ2n) is 3.71. The Hall–Kier alpha value is -1.46. The minimum atomic E-state index is -4.28. The zero-order valence-corrected chi connectivity index (χ0v) is 12.4. The van der Waals surface area contributed by atoms with Crippen molar-refractivity contribution >= 4 is 32.8 Å². The molecule has 0 N–H and O–H groups in total. The summed E-state index contributed by atoms with van der Waals surface area (Å²) < 4.78 is 92.5. The molecule has 0 aliphatic heterocycles. The van der Waals surface area contributed by atoms with Gasteiger partial charge in [-0.05, 0) is 0 Å². The average Bonchev–Trinajstić information content (AvgIpc) is 2.90. The lowest BCUT2D eigenvalue weighted by molar-refractivity contribution is 0.296. The molecule has 1 aromatic heterocycles. The van der Waals surface area contributed by atoms with E-state index in [1.807, 2.05) is 0 Å². The van der Waals surface area contributed by atoms with Crippen LogP contribution >= 0.6 is 22.9 Å². The number of aromatic nitrogens is 1. The van der Waals surface area contributed by atoms with Crippen molar-refractivity contribution in [3.63, 3.8) is 0 Å². The fourth-order valence-electron chi connectivity index (χ4n) is 1.28. The van der Waals surface area contributed by atoms with E-state index in [1.54, 1.807) is 0 Å². The number of sulfone groups is 1. The smallest absolute Gasteiger partial charge is 0.240 e. The first kappa shape index (κ1) is 16.9. The Bertz CT molecular complexity index is 810. The lowest BCUT2D eigenvalue weighted by Gasteiger charge is -2.09. The van der Waals surface area contributed by atoms with Crippen molar-refractivity contribution in [2.24, 2.45) is 0 Å². The van der Waals surface area contributed by atoms with Gasteiger partial charge < -0.3 is 4.74 Å². The Kier molecular flexibility index (Phi) is 4.59. The first-order valence-electron chi connectivity index (χ1n) is 5.13. The molecule has 0 unspecified atom stereocenters. The van der Waals surface area contributed by atoms with Gasteiger partial charge in [0.2, 0.25) is 43.3 Å². The predicted octanol–water partition coefficient (Wildman–Crippen LogP) is 3.30. The number of ether oxygens (including phenoxy) is 1. The number of rotatable bonds is 4. The lowest BCUT2D eigenvalue weighted by atomic mass is 10.3.